The number of unbranched alkanes of at least 4 members (excludes halogenated alkanes) is 8. The van der Waals surface area contributed by atoms with Crippen LogP contribution in [-0.2, 0) is 6.54 Å². The average Bonchev–Trinajstić information content (AvgIpc) is 2.46. The Balaban J connectivity index is 0.00000441. The van der Waals surface area contributed by atoms with E-state index in [-0.39, 0.29) is 12.4 Å². The predicted molar refractivity (Wildman–Crippen MR) is 94.3 cm³/mol. The van der Waals surface area contributed by atoms with Crippen molar-refractivity contribution in [1.29, 1.82) is 0 Å². The second kappa shape index (κ2) is 13.2. The molecule has 0 radical (unpaired) electrons. The van der Waals surface area contributed by atoms with Gasteiger partial charge in [0, 0.05) is 5.56 Å². The maximum absolute atomic E-state index is 6.61. The molecule has 0 N–H and O–H groups in total. The van der Waals surface area contributed by atoms with Crippen LogP contribution in [0.4, 0.5) is 0 Å². The Hall–Kier alpha value is -0.240. The SMILES string of the molecule is CCCCCCCCCCC[N+](C)(Cl)Cc1ccccc1.[Cl-]. The number of nitrogens with zero attached hydrogens (tertiary/aromatic N) is 1. The quantitative estimate of drug-likeness (QED) is 0.402. The van der Waals surface area contributed by atoms with Gasteiger partial charge >= 0.3 is 0 Å². The van der Waals surface area contributed by atoms with Crippen LogP contribution in [0.15, 0.2) is 30.3 Å². The second-order valence-electron chi connectivity index (χ2n) is 6.46. The van der Waals surface area contributed by atoms with Gasteiger partial charge in [-0.2, -0.15) is 0 Å². The van der Waals surface area contributed by atoms with E-state index in [0.717, 1.165) is 13.1 Å². The zero-order chi connectivity index (χ0) is 15.4. The highest BCUT2D eigenvalue weighted by atomic mass is 35.5. The fourth-order valence-electron chi connectivity index (χ4n) is 2.80. The number of hydrogen-bond acceptors (Lipinski definition) is 0. The summed E-state index contributed by atoms with van der Waals surface area (Å²) in [5.41, 5.74) is 1.32. The summed E-state index contributed by atoms with van der Waals surface area (Å²) < 4.78 is 0.584. The molecular formula is C19H33Cl2N. The minimum Gasteiger partial charge on any atom is -1.00 e. The van der Waals surface area contributed by atoms with Crippen LogP contribution in [0.5, 0.6) is 0 Å². The normalized spacial score (nSPS) is 13.4. The minimum atomic E-state index is 0. The Morgan fingerprint density at radius 3 is 1.86 bits per heavy atom. The lowest BCUT2D eigenvalue weighted by Gasteiger charge is -2.24. The predicted octanol–water partition coefficient (Wildman–Crippen LogP) is 3.32. The lowest BCUT2D eigenvalue weighted by molar-refractivity contribution is -0.808. The van der Waals surface area contributed by atoms with Crippen molar-refractivity contribution in [3.05, 3.63) is 35.9 Å². The van der Waals surface area contributed by atoms with E-state index in [1.165, 1.54) is 63.4 Å². The molecule has 1 unspecified atom stereocenters. The molecule has 3 heteroatoms. The lowest BCUT2D eigenvalue weighted by atomic mass is 10.1. The monoisotopic (exact) mass is 345 g/mol. The van der Waals surface area contributed by atoms with Crippen LogP contribution in [0, 0.1) is 0 Å². The van der Waals surface area contributed by atoms with Gasteiger partial charge in [0.2, 0.25) is 0 Å². The van der Waals surface area contributed by atoms with Crippen LogP contribution < -0.4 is 12.4 Å². The van der Waals surface area contributed by atoms with E-state index in [4.69, 9.17) is 11.8 Å². The number of benzene rings is 1. The van der Waals surface area contributed by atoms with E-state index < -0.39 is 0 Å². The Labute approximate surface area is 149 Å². The van der Waals surface area contributed by atoms with Gasteiger partial charge in [-0.1, -0.05) is 82.2 Å². The molecule has 1 aromatic carbocycles. The molecule has 0 saturated carbocycles. The zero-order valence-electron chi connectivity index (χ0n) is 14.4. The summed E-state index contributed by atoms with van der Waals surface area (Å²) in [6.07, 6.45) is 12.3. The summed E-state index contributed by atoms with van der Waals surface area (Å²) in [4.78, 5) is 0. The third-order valence-corrected chi connectivity index (χ3v) is 4.37. The van der Waals surface area contributed by atoms with Crippen molar-refractivity contribution < 1.29 is 16.4 Å². The zero-order valence-corrected chi connectivity index (χ0v) is 15.9. The van der Waals surface area contributed by atoms with Gasteiger partial charge in [-0.15, -0.1) is 0 Å². The van der Waals surface area contributed by atoms with Gasteiger partial charge in [-0.3, -0.25) is 0 Å². The summed E-state index contributed by atoms with van der Waals surface area (Å²) in [7, 11) is 2.12. The molecular weight excluding hydrogens is 313 g/mol. The van der Waals surface area contributed by atoms with Crippen LogP contribution in [-0.4, -0.2) is 17.6 Å². The van der Waals surface area contributed by atoms with E-state index in [1.54, 1.807) is 0 Å². The van der Waals surface area contributed by atoms with Crippen LogP contribution in [0.3, 0.4) is 0 Å². The molecule has 1 rings (SSSR count). The molecule has 1 atom stereocenters. The number of hydrogen-bond donors (Lipinski definition) is 0. The largest absolute Gasteiger partial charge is 1.00 e. The number of rotatable bonds is 12. The first kappa shape index (κ1) is 21.8. The Morgan fingerprint density at radius 2 is 1.32 bits per heavy atom. The number of quaternary nitrogens is 1. The van der Waals surface area contributed by atoms with Crippen molar-refractivity contribution in [3.63, 3.8) is 0 Å². The van der Waals surface area contributed by atoms with E-state index in [9.17, 15) is 0 Å². The molecule has 0 fully saturated rings. The van der Waals surface area contributed by atoms with Crippen molar-refractivity contribution in [1.82, 2.24) is 0 Å². The maximum atomic E-state index is 6.61. The highest BCUT2D eigenvalue weighted by Crippen LogP contribution is 2.18. The molecule has 0 spiro atoms. The maximum Gasteiger partial charge on any atom is 0.165 e. The molecule has 0 bridgehead atoms. The van der Waals surface area contributed by atoms with Crippen molar-refractivity contribution in [2.24, 2.45) is 0 Å². The first-order chi connectivity index (χ1) is 10.1. The molecule has 0 saturated heterocycles. The molecule has 0 aliphatic carbocycles. The molecule has 0 aliphatic heterocycles. The fraction of sp³-hybridized carbons (Fsp3) is 0.684. The molecule has 1 aromatic rings. The van der Waals surface area contributed by atoms with Gasteiger partial charge in [0.1, 0.15) is 6.54 Å². The van der Waals surface area contributed by atoms with Crippen molar-refractivity contribution in [3.8, 4) is 0 Å². The molecule has 128 valence electrons. The second-order valence-corrected chi connectivity index (χ2v) is 7.28. The average molecular weight is 346 g/mol. The highest BCUT2D eigenvalue weighted by Gasteiger charge is 2.19. The van der Waals surface area contributed by atoms with Gasteiger partial charge in [0.15, 0.2) is 11.8 Å². The molecule has 0 amide bonds. The Morgan fingerprint density at radius 1 is 0.818 bits per heavy atom. The Kier molecular flexibility index (Phi) is 13.1. The third kappa shape index (κ3) is 11.3. The van der Waals surface area contributed by atoms with Crippen molar-refractivity contribution in [2.45, 2.75) is 71.3 Å². The van der Waals surface area contributed by atoms with E-state index in [2.05, 4.69) is 44.3 Å². The lowest BCUT2D eigenvalue weighted by Crippen LogP contribution is -3.00. The highest BCUT2D eigenvalue weighted by molar-refractivity contribution is 6.06. The minimum absolute atomic E-state index is 0. The van der Waals surface area contributed by atoms with E-state index in [1.807, 2.05) is 0 Å². The molecule has 0 aliphatic rings. The van der Waals surface area contributed by atoms with Crippen LogP contribution in [0.1, 0.15) is 70.3 Å². The van der Waals surface area contributed by atoms with Crippen LogP contribution >= 0.6 is 11.8 Å². The van der Waals surface area contributed by atoms with Gasteiger partial charge in [0.25, 0.3) is 0 Å². The first-order valence-electron chi connectivity index (χ1n) is 8.72. The van der Waals surface area contributed by atoms with Crippen LogP contribution in [0.2, 0.25) is 0 Å². The van der Waals surface area contributed by atoms with E-state index in [0.29, 0.717) is 4.00 Å². The first-order valence-corrected chi connectivity index (χ1v) is 9.06. The number of halogens is 2. The van der Waals surface area contributed by atoms with E-state index >= 15 is 0 Å². The summed E-state index contributed by atoms with van der Waals surface area (Å²) in [6.45, 7) is 4.25. The fourth-order valence-corrected chi connectivity index (χ4v) is 3.05. The standard InChI is InChI=1S/C19H33ClN.ClH/c1-3-4-5-6-7-8-9-10-14-17-21(2,20)18-19-15-12-11-13-16-19;/h11-13,15-16H,3-10,14,17-18H2,1-2H3;1H/q+1;/p-1. The van der Waals surface area contributed by atoms with Crippen molar-refractivity contribution >= 4 is 11.8 Å². The molecule has 0 aromatic heterocycles. The summed E-state index contributed by atoms with van der Waals surface area (Å²) in [5.74, 6) is 0. The smallest absolute Gasteiger partial charge is 0.165 e. The van der Waals surface area contributed by atoms with Crippen molar-refractivity contribution in [2.75, 3.05) is 13.6 Å². The van der Waals surface area contributed by atoms with Gasteiger partial charge < -0.3 is 12.4 Å². The Bertz CT molecular complexity index is 352. The summed E-state index contributed by atoms with van der Waals surface area (Å²) in [6, 6.07) is 10.6. The third-order valence-electron chi connectivity index (χ3n) is 4.08. The topological polar surface area (TPSA) is 0 Å². The summed E-state index contributed by atoms with van der Waals surface area (Å²) >= 11 is 6.61. The summed E-state index contributed by atoms with van der Waals surface area (Å²) in [5, 5.41) is 0. The van der Waals surface area contributed by atoms with Crippen LogP contribution in [0.25, 0.3) is 0 Å². The molecule has 22 heavy (non-hydrogen) atoms. The van der Waals surface area contributed by atoms with Gasteiger partial charge in [-0.05, 0) is 12.8 Å². The molecule has 0 heterocycles. The van der Waals surface area contributed by atoms with Gasteiger partial charge in [-0.25, -0.2) is 4.00 Å². The van der Waals surface area contributed by atoms with Gasteiger partial charge in [0.05, 0.1) is 13.6 Å². The molecule has 1 nitrogen and oxygen atoms in total.